The Labute approximate surface area is 205 Å². The van der Waals surface area contributed by atoms with Crippen LogP contribution < -0.4 is 0 Å². The number of carbonyl (C=O) groups excluding carboxylic acids is 2. The van der Waals surface area contributed by atoms with Crippen LogP contribution in [0.25, 0.3) is 11.1 Å². The van der Waals surface area contributed by atoms with Crippen LogP contribution in [0.2, 0.25) is 32.7 Å². The van der Waals surface area contributed by atoms with E-state index in [2.05, 4.69) is 32.7 Å². The summed E-state index contributed by atoms with van der Waals surface area (Å²) < 4.78 is 6.58. The highest BCUT2D eigenvalue weighted by atomic mass is 29.3. The Morgan fingerprint density at radius 2 is 1.26 bits per heavy atom. The Kier molecular flexibility index (Phi) is 6.17. The number of ketones is 2. The van der Waals surface area contributed by atoms with Crippen molar-refractivity contribution in [3.05, 3.63) is 94.5 Å². The van der Waals surface area contributed by atoms with Gasteiger partial charge in [-0.15, -0.1) is 0 Å². The van der Waals surface area contributed by atoms with Crippen molar-refractivity contribution in [2.45, 2.75) is 58.6 Å². The molecule has 3 aromatic rings. The highest BCUT2D eigenvalue weighted by Crippen LogP contribution is 2.38. The predicted octanol–water partition coefficient (Wildman–Crippen LogP) is 7.09. The van der Waals surface area contributed by atoms with Gasteiger partial charge in [0.2, 0.25) is 0 Å². The molecule has 34 heavy (non-hydrogen) atoms. The van der Waals surface area contributed by atoms with E-state index in [0.29, 0.717) is 16.7 Å². The van der Waals surface area contributed by atoms with Gasteiger partial charge < -0.3 is 4.43 Å². The zero-order valence-electron chi connectivity index (χ0n) is 21.3. The van der Waals surface area contributed by atoms with Crippen LogP contribution in [0, 0.1) is 0 Å². The maximum atomic E-state index is 13.5. The van der Waals surface area contributed by atoms with Crippen molar-refractivity contribution in [2.24, 2.45) is 0 Å². The maximum Gasteiger partial charge on any atom is 0.193 e. The summed E-state index contributed by atoms with van der Waals surface area (Å²) in [5, 5.41) is 0. The minimum absolute atomic E-state index is 0.0308. The molecule has 0 heterocycles. The molecule has 0 spiro atoms. The van der Waals surface area contributed by atoms with Crippen LogP contribution in [-0.2, 0) is 10.8 Å². The summed E-state index contributed by atoms with van der Waals surface area (Å²) in [6.07, 6.45) is 0.720. The Hall–Kier alpha value is -2.61. The molecule has 4 rings (SSSR count). The number of fused-ring (bicyclic) bond motifs is 3. The molecule has 0 amide bonds. The largest absolute Gasteiger partial charge is 0.408 e. The van der Waals surface area contributed by atoms with Gasteiger partial charge in [-0.05, 0) is 67.7 Å². The van der Waals surface area contributed by atoms with Crippen molar-refractivity contribution in [3.63, 3.8) is 0 Å². The van der Waals surface area contributed by atoms with Gasteiger partial charge in [-0.1, -0.05) is 74.2 Å². The Bertz CT molecular complexity index is 1270. The molecule has 1 aliphatic rings. The predicted molar refractivity (Wildman–Crippen MR) is 145 cm³/mol. The number of Topliss-reactive ketones (excluding diaryl/α,β-unsaturated/α-hetero) is 1. The van der Waals surface area contributed by atoms with Gasteiger partial charge in [0.15, 0.2) is 19.4 Å². The molecule has 0 saturated heterocycles. The fourth-order valence-corrected chi connectivity index (χ4v) is 7.79. The van der Waals surface area contributed by atoms with E-state index in [4.69, 9.17) is 4.43 Å². The van der Waals surface area contributed by atoms with Crippen molar-refractivity contribution < 1.29 is 14.0 Å². The molecule has 3 aromatic carbocycles. The van der Waals surface area contributed by atoms with Crippen LogP contribution in [0.1, 0.15) is 51.3 Å². The van der Waals surface area contributed by atoms with Crippen molar-refractivity contribution in [3.8, 4) is 11.1 Å². The van der Waals surface area contributed by atoms with Gasteiger partial charge in [0.25, 0.3) is 0 Å². The molecular weight excluding hydrogens is 452 g/mol. The van der Waals surface area contributed by atoms with Crippen LogP contribution in [0.15, 0.2) is 66.7 Å². The molecule has 0 saturated carbocycles. The van der Waals surface area contributed by atoms with Gasteiger partial charge in [0, 0.05) is 16.7 Å². The van der Waals surface area contributed by atoms with Crippen LogP contribution in [-0.4, -0.2) is 32.6 Å². The number of benzene rings is 3. The van der Waals surface area contributed by atoms with Gasteiger partial charge in [-0.25, -0.2) is 0 Å². The molecule has 5 heteroatoms. The summed E-state index contributed by atoms with van der Waals surface area (Å²) in [5.41, 5.74) is 5.76. The summed E-state index contributed by atoms with van der Waals surface area (Å²) in [6, 6.07) is 21.3. The van der Waals surface area contributed by atoms with Gasteiger partial charge in [-0.3, -0.25) is 9.59 Å². The molecule has 0 unspecified atom stereocenters. The van der Waals surface area contributed by atoms with Crippen molar-refractivity contribution in [1.29, 1.82) is 0 Å². The highest BCUT2D eigenvalue weighted by Gasteiger charge is 2.45. The second kappa shape index (κ2) is 8.56. The number of hydrogen-bond acceptors (Lipinski definition) is 3. The summed E-state index contributed by atoms with van der Waals surface area (Å²) in [7, 11) is -3.47. The maximum absolute atomic E-state index is 13.5. The molecule has 0 aliphatic heterocycles. The van der Waals surface area contributed by atoms with Gasteiger partial charge in [0.05, 0.1) is 7.59 Å². The van der Waals surface area contributed by atoms with E-state index in [0.717, 1.165) is 28.7 Å². The number of carbonyl (C=O) groups is 2. The van der Waals surface area contributed by atoms with E-state index < -0.39 is 21.0 Å². The summed E-state index contributed by atoms with van der Waals surface area (Å²) in [5.74, 6) is 0.0633. The van der Waals surface area contributed by atoms with Gasteiger partial charge in [0.1, 0.15) is 5.60 Å². The van der Waals surface area contributed by atoms with E-state index in [-0.39, 0.29) is 11.6 Å². The zero-order chi connectivity index (χ0) is 24.9. The van der Waals surface area contributed by atoms with Crippen LogP contribution in [0.5, 0.6) is 0 Å². The third kappa shape index (κ3) is 4.52. The van der Waals surface area contributed by atoms with E-state index in [1.165, 1.54) is 0 Å². The lowest BCUT2D eigenvalue weighted by Gasteiger charge is -2.41. The van der Waals surface area contributed by atoms with Crippen molar-refractivity contribution in [1.82, 2.24) is 0 Å². The first-order chi connectivity index (χ1) is 15.8. The normalized spacial score (nSPS) is 13.4. The van der Waals surface area contributed by atoms with E-state index in [9.17, 15) is 9.59 Å². The van der Waals surface area contributed by atoms with Crippen LogP contribution in [0.4, 0.5) is 0 Å². The standard InChI is InChI=1S/C29H34O3Si2/c1-29(2,32-34(6,7)33(3,4)5)28(31)22-14-16-26-24(18-22)19-23-17-21(13-15-25(23)26)27(30)20-11-9-8-10-12-20/h8-18H,19H2,1-7H3. The molecule has 0 bridgehead atoms. The minimum atomic E-state index is -1.97. The molecule has 3 nitrogen and oxygen atoms in total. The first kappa shape index (κ1) is 24.5. The molecule has 0 fully saturated rings. The van der Waals surface area contributed by atoms with Crippen LogP contribution >= 0.6 is 0 Å². The molecule has 176 valence electrons. The Morgan fingerprint density at radius 3 is 1.82 bits per heavy atom. The molecule has 1 aliphatic carbocycles. The number of hydrogen-bond donors (Lipinski definition) is 0. The zero-order valence-corrected chi connectivity index (χ0v) is 23.3. The summed E-state index contributed by atoms with van der Waals surface area (Å²) >= 11 is 0. The fourth-order valence-electron chi connectivity index (χ4n) is 4.43. The molecule has 0 atom stereocenters. The molecule has 0 radical (unpaired) electrons. The summed E-state index contributed by atoms with van der Waals surface area (Å²) in [6.45, 7) is 15.3. The second-order valence-electron chi connectivity index (χ2n) is 11.3. The molecule has 0 aromatic heterocycles. The van der Waals surface area contributed by atoms with Crippen molar-refractivity contribution in [2.75, 3.05) is 0 Å². The Balaban J connectivity index is 1.59. The monoisotopic (exact) mass is 486 g/mol. The lowest BCUT2D eigenvalue weighted by Crippen LogP contribution is -2.59. The average Bonchev–Trinajstić information content (AvgIpc) is 3.14. The number of rotatable bonds is 7. The van der Waals surface area contributed by atoms with Crippen LogP contribution in [0.3, 0.4) is 0 Å². The fraction of sp³-hybridized carbons (Fsp3) is 0.310. The van der Waals surface area contributed by atoms with E-state index >= 15 is 0 Å². The van der Waals surface area contributed by atoms with E-state index in [1.54, 1.807) is 0 Å². The highest BCUT2D eigenvalue weighted by molar-refractivity contribution is 7.37. The molecular formula is C29H34O3Si2. The topological polar surface area (TPSA) is 43.4 Å². The summed E-state index contributed by atoms with van der Waals surface area (Å²) in [4.78, 5) is 26.4. The Morgan fingerprint density at radius 1 is 0.735 bits per heavy atom. The first-order valence-electron chi connectivity index (χ1n) is 11.9. The average molecular weight is 487 g/mol. The third-order valence-electron chi connectivity index (χ3n) is 7.31. The van der Waals surface area contributed by atoms with Crippen molar-refractivity contribution >= 4 is 27.0 Å². The quantitative estimate of drug-likeness (QED) is 0.207. The van der Waals surface area contributed by atoms with Gasteiger partial charge >= 0.3 is 0 Å². The third-order valence-corrected chi connectivity index (χ3v) is 23.1. The lowest BCUT2D eigenvalue weighted by molar-refractivity contribution is 0.0568. The smallest absolute Gasteiger partial charge is 0.193 e. The second-order valence-corrected chi connectivity index (χ2v) is 27.2. The first-order valence-corrected chi connectivity index (χ1v) is 19.3. The van der Waals surface area contributed by atoms with E-state index in [1.807, 2.05) is 80.6 Å². The SMILES string of the molecule is CC(C)(O[Si](C)(C)[Si](C)(C)C)C(=O)c1ccc2c(c1)Cc1cc(C(=O)c3ccccc3)ccc1-2. The molecule has 0 N–H and O–H groups in total. The lowest BCUT2D eigenvalue weighted by atomic mass is 9.94. The van der Waals surface area contributed by atoms with Gasteiger partial charge in [-0.2, -0.15) is 0 Å². The minimum Gasteiger partial charge on any atom is -0.408 e.